The molecule has 2 aliphatic carbocycles. The Kier molecular flexibility index (Phi) is 5.07. The lowest BCUT2D eigenvalue weighted by Gasteiger charge is -2.59. The molecule has 142 valence electrons. The molecule has 0 saturated heterocycles. The molecular weight excluding hydrogens is 290 g/mol. The standard InChI is InChI=1S/C23H45N/c1-20(2,3)16-13-17(16)22(7,8)14-15-12-18(21(4,5)6)19(15)23(9,10)24-11/h15-19,24H,12-14H2,1-11H3. The number of nitrogens with one attached hydrogen (secondary N) is 1. The largest absolute Gasteiger partial charge is 0.315 e. The maximum atomic E-state index is 3.64. The first-order valence-corrected chi connectivity index (χ1v) is 10.3. The van der Waals surface area contributed by atoms with Gasteiger partial charge in [-0.05, 0) is 86.0 Å². The van der Waals surface area contributed by atoms with Crippen LogP contribution in [-0.4, -0.2) is 12.6 Å². The molecule has 0 aliphatic heterocycles. The van der Waals surface area contributed by atoms with Crippen LogP contribution in [0.15, 0.2) is 0 Å². The molecule has 0 aromatic carbocycles. The van der Waals surface area contributed by atoms with E-state index in [-0.39, 0.29) is 5.54 Å². The van der Waals surface area contributed by atoms with Gasteiger partial charge in [0.15, 0.2) is 0 Å². The fourth-order valence-electron chi connectivity index (χ4n) is 5.96. The number of hydrogen-bond acceptors (Lipinski definition) is 1. The van der Waals surface area contributed by atoms with Crippen molar-refractivity contribution < 1.29 is 0 Å². The van der Waals surface area contributed by atoms with Crippen molar-refractivity contribution in [1.82, 2.24) is 5.32 Å². The van der Waals surface area contributed by atoms with E-state index in [0.29, 0.717) is 16.2 Å². The molecule has 5 unspecified atom stereocenters. The zero-order valence-corrected chi connectivity index (χ0v) is 18.5. The lowest BCUT2D eigenvalue weighted by molar-refractivity contribution is -0.0789. The summed E-state index contributed by atoms with van der Waals surface area (Å²) in [5.74, 6) is 4.39. The van der Waals surface area contributed by atoms with Crippen molar-refractivity contribution in [1.29, 1.82) is 0 Å². The van der Waals surface area contributed by atoms with Crippen molar-refractivity contribution in [3.8, 4) is 0 Å². The minimum absolute atomic E-state index is 0.240. The highest BCUT2D eigenvalue weighted by molar-refractivity contribution is 5.08. The third kappa shape index (κ3) is 3.87. The van der Waals surface area contributed by atoms with Gasteiger partial charge in [0.25, 0.3) is 0 Å². The third-order valence-electron chi connectivity index (χ3n) is 7.78. The molecule has 0 bridgehead atoms. The van der Waals surface area contributed by atoms with Crippen LogP contribution in [0.4, 0.5) is 0 Å². The van der Waals surface area contributed by atoms with Gasteiger partial charge in [0.05, 0.1) is 0 Å². The summed E-state index contributed by atoms with van der Waals surface area (Å²) in [5.41, 5.74) is 1.64. The maximum Gasteiger partial charge on any atom is 0.0155 e. The summed E-state index contributed by atoms with van der Waals surface area (Å²) in [6.07, 6.45) is 4.29. The van der Waals surface area contributed by atoms with E-state index in [0.717, 1.165) is 29.6 Å². The van der Waals surface area contributed by atoms with Gasteiger partial charge in [-0.1, -0.05) is 55.4 Å². The molecule has 0 radical (unpaired) electrons. The summed E-state index contributed by atoms with van der Waals surface area (Å²) in [4.78, 5) is 0. The first kappa shape index (κ1) is 20.3. The van der Waals surface area contributed by atoms with E-state index in [2.05, 4.69) is 81.6 Å². The van der Waals surface area contributed by atoms with Gasteiger partial charge < -0.3 is 5.32 Å². The Hall–Kier alpha value is -0.0400. The minimum atomic E-state index is 0.240. The second kappa shape index (κ2) is 6.00. The topological polar surface area (TPSA) is 12.0 Å². The molecule has 2 aliphatic rings. The monoisotopic (exact) mass is 335 g/mol. The van der Waals surface area contributed by atoms with Crippen LogP contribution in [0, 0.1) is 45.8 Å². The lowest BCUT2D eigenvalue weighted by Crippen LogP contribution is -2.59. The van der Waals surface area contributed by atoms with Crippen molar-refractivity contribution in [2.45, 2.75) is 94.0 Å². The molecule has 5 atom stereocenters. The predicted octanol–water partition coefficient (Wildman–Crippen LogP) is 6.38. The van der Waals surface area contributed by atoms with Crippen molar-refractivity contribution >= 4 is 0 Å². The fraction of sp³-hybridized carbons (Fsp3) is 1.00. The Bertz CT molecular complexity index is 446. The van der Waals surface area contributed by atoms with Crippen LogP contribution >= 0.6 is 0 Å². The van der Waals surface area contributed by atoms with Crippen LogP contribution in [0.25, 0.3) is 0 Å². The average molecular weight is 336 g/mol. The van der Waals surface area contributed by atoms with Crippen LogP contribution in [0.1, 0.15) is 88.5 Å². The molecule has 0 aromatic heterocycles. The van der Waals surface area contributed by atoms with Gasteiger partial charge in [0.2, 0.25) is 0 Å². The van der Waals surface area contributed by atoms with E-state index >= 15 is 0 Å². The Morgan fingerprint density at radius 2 is 1.21 bits per heavy atom. The van der Waals surface area contributed by atoms with Gasteiger partial charge in [0, 0.05) is 5.54 Å². The molecule has 0 heterocycles. The third-order valence-corrected chi connectivity index (χ3v) is 7.78. The predicted molar refractivity (Wildman–Crippen MR) is 107 cm³/mol. The van der Waals surface area contributed by atoms with Crippen molar-refractivity contribution in [2.75, 3.05) is 7.05 Å². The number of hydrogen-bond donors (Lipinski definition) is 1. The summed E-state index contributed by atoms with van der Waals surface area (Å²) < 4.78 is 0. The first-order chi connectivity index (χ1) is 10.6. The highest BCUT2D eigenvalue weighted by atomic mass is 14.9. The van der Waals surface area contributed by atoms with E-state index in [4.69, 9.17) is 0 Å². The van der Waals surface area contributed by atoms with Gasteiger partial charge in [-0.3, -0.25) is 0 Å². The zero-order chi connectivity index (χ0) is 18.7. The molecule has 1 nitrogen and oxygen atoms in total. The smallest absolute Gasteiger partial charge is 0.0155 e. The summed E-state index contributed by atoms with van der Waals surface area (Å²) in [6.45, 7) is 24.6. The van der Waals surface area contributed by atoms with E-state index in [1.54, 1.807) is 0 Å². The van der Waals surface area contributed by atoms with Crippen LogP contribution in [0.3, 0.4) is 0 Å². The van der Waals surface area contributed by atoms with Crippen molar-refractivity contribution in [3.63, 3.8) is 0 Å². The molecule has 0 amide bonds. The second-order valence-electron chi connectivity index (χ2n) is 12.5. The Balaban J connectivity index is 2.09. The van der Waals surface area contributed by atoms with Gasteiger partial charge in [0.1, 0.15) is 0 Å². The van der Waals surface area contributed by atoms with Crippen molar-refractivity contribution in [3.05, 3.63) is 0 Å². The molecule has 2 fully saturated rings. The Labute approximate surface area is 152 Å². The van der Waals surface area contributed by atoms with Crippen molar-refractivity contribution in [2.24, 2.45) is 45.8 Å². The number of rotatable bonds is 5. The van der Waals surface area contributed by atoms with E-state index in [1.165, 1.54) is 19.3 Å². The fourth-order valence-corrected chi connectivity index (χ4v) is 5.96. The molecule has 1 heteroatoms. The summed E-state index contributed by atoms with van der Waals surface area (Å²) >= 11 is 0. The molecule has 1 N–H and O–H groups in total. The Morgan fingerprint density at radius 1 is 0.708 bits per heavy atom. The van der Waals surface area contributed by atoms with E-state index < -0.39 is 0 Å². The van der Waals surface area contributed by atoms with Gasteiger partial charge in [-0.15, -0.1) is 0 Å². The average Bonchev–Trinajstić information content (AvgIpc) is 3.12. The quantitative estimate of drug-likeness (QED) is 0.614. The first-order valence-electron chi connectivity index (χ1n) is 10.3. The highest BCUT2D eigenvalue weighted by Crippen LogP contribution is 2.63. The van der Waals surface area contributed by atoms with E-state index in [1.807, 2.05) is 0 Å². The lowest BCUT2D eigenvalue weighted by atomic mass is 9.48. The summed E-state index contributed by atoms with van der Waals surface area (Å²) in [7, 11) is 2.15. The second-order valence-corrected chi connectivity index (χ2v) is 12.5. The molecular formula is C23H45N. The highest BCUT2D eigenvalue weighted by Gasteiger charge is 2.57. The Morgan fingerprint density at radius 3 is 1.58 bits per heavy atom. The van der Waals surface area contributed by atoms with Crippen LogP contribution in [-0.2, 0) is 0 Å². The zero-order valence-electron chi connectivity index (χ0n) is 18.5. The van der Waals surface area contributed by atoms with Crippen LogP contribution in [0.2, 0.25) is 0 Å². The van der Waals surface area contributed by atoms with Crippen LogP contribution in [0.5, 0.6) is 0 Å². The molecule has 2 rings (SSSR count). The SMILES string of the molecule is CNC(C)(C)C1C(CC(C)(C)C2CC2C(C)(C)C)CC1C(C)(C)C. The molecule has 2 saturated carbocycles. The molecule has 0 aromatic rings. The van der Waals surface area contributed by atoms with Crippen LogP contribution < -0.4 is 5.32 Å². The van der Waals surface area contributed by atoms with E-state index in [9.17, 15) is 0 Å². The summed E-state index contributed by atoms with van der Waals surface area (Å²) in [5, 5.41) is 3.64. The van der Waals surface area contributed by atoms with Gasteiger partial charge in [-0.25, -0.2) is 0 Å². The summed E-state index contributed by atoms with van der Waals surface area (Å²) in [6, 6.07) is 0. The molecule has 0 spiro atoms. The van der Waals surface area contributed by atoms with Gasteiger partial charge in [-0.2, -0.15) is 0 Å². The normalized spacial score (nSPS) is 34.9. The minimum Gasteiger partial charge on any atom is -0.315 e. The maximum absolute atomic E-state index is 3.64. The van der Waals surface area contributed by atoms with Gasteiger partial charge >= 0.3 is 0 Å². The molecule has 24 heavy (non-hydrogen) atoms.